The Kier molecular flexibility index (Phi) is 5.62. The van der Waals surface area contributed by atoms with Gasteiger partial charge in [0.25, 0.3) is 0 Å². The first-order valence-electron chi connectivity index (χ1n) is 5.80. The lowest BCUT2D eigenvalue weighted by atomic mass is 9.93. The smallest absolute Gasteiger partial charge is 0.225 e. The number of carbonyl (C=O) groups excluding carboxylic acids is 1. The van der Waals surface area contributed by atoms with E-state index in [1.165, 1.54) is 0 Å². The van der Waals surface area contributed by atoms with Crippen LogP contribution in [0.15, 0.2) is 15.9 Å². The molecule has 0 spiro atoms. The molecule has 0 atom stereocenters. The van der Waals surface area contributed by atoms with Crippen molar-refractivity contribution in [2.24, 2.45) is 5.73 Å². The number of hydrogen-bond acceptors (Lipinski definition) is 3. The fraction of sp³-hybridized carbons (Fsp3) is 0.583. The summed E-state index contributed by atoms with van der Waals surface area (Å²) in [5, 5.41) is 3.06. The minimum absolute atomic E-state index is 0.0495. The molecule has 0 aliphatic carbocycles. The normalized spacial score (nSPS) is 11.5. The van der Waals surface area contributed by atoms with Crippen molar-refractivity contribution in [1.29, 1.82) is 0 Å². The van der Waals surface area contributed by atoms with Crippen molar-refractivity contribution in [2.75, 3.05) is 6.54 Å². The molecule has 96 valence electrons. The molecule has 1 aromatic rings. The van der Waals surface area contributed by atoms with Crippen molar-refractivity contribution in [3.05, 3.63) is 20.8 Å². The third kappa shape index (κ3) is 4.08. The highest BCUT2D eigenvalue weighted by atomic mass is 79.9. The second-order valence-electron chi connectivity index (χ2n) is 4.12. The molecular formula is C12H19BrN2OS. The van der Waals surface area contributed by atoms with Gasteiger partial charge in [0, 0.05) is 11.4 Å². The van der Waals surface area contributed by atoms with Gasteiger partial charge in [0.1, 0.15) is 0 Å². The zero-order valence-corrected chi connectivity index (χ0v) is 12.7. The van der Waals surface area contributed by atoms with Gasteiger partial charge in [-0.05, 0) is 40.9 Å². The molecule has 1 amide bonds. The first-order chi connectivity index (χ1) is 8.05. The van der Waals surface area contributed by atoms with Crippen LogP contribution in [-0.4, -0.2) is 18.0 Å². The van der Waals surface area contributed by atoms with E-state index in [0.717, 1.165) is 21.5 Å². The van der Waals surface area contributed by atoms with Crippen molar-refractivity contribution in [2.45, 2.75) is 38.6 Å². The molecule has 0 unspecified atom stereocenters. The number of thiophene rings is 1. The first-order valence-corrected chi connectivity index (χ1v) is 7.41. The monoisotopic (exact) mass is 318 g/mol. The Morgan fingerprint density at radius 2 is 2.12 bits per heavy atom. The summed E-state index contributed by atoms with van der Waals surface area (Å²) in [6, 6.07) is 3.93. The molecule has 17 heavy (non-hydrogen) atoms. The van der Waals surface area contributed by atoms with Crippen LogP contribution >= 0.6 is 27.3 Å². The van der Waals surface area contributed by atoms with E-state index in [-0.39, 0.29) is 11.4 Å². The summed E-state index contributed by atoms with van der Waals surface area (Å²) in [5.74, 6) is 0.0495. The fourth-order valence-electron chi connectivity index (χ4n) is 1.71. The minimum atomic E-state index is -0.244. The molecule has 0 saturated carbocycles. The number of carbonyl (C=O) groups is 1. The second kappa shape index (κ2) is 6.52. The quantitative estimate of drug-likeness (QED) is 0.847. The number of halogens is 1. The van der Waals surface area contributed by atoms with Gasteiger partial charge in [-0.1, -0.05) is 13.8 Å². The van der Waals surface area contributed by atoms with E-state index in [4.69, 9.17) is 5.73 Å². The van der Waals surface area contributed by atoms with Gasteiger partial charge in [0.05, 0.1) is 15.7 Å². The van der Waals surface area contributed by atoms with Gasteiger partial charge in [-0.25, -0.2) is 0 Å². The highest BCUT2D eigenvalue weighted by Gasteiger charge is 2.26. The number of rotatable bonds is 6. The topological polar surface area (TPSA) is 55.1 Å². The van der Waals surface area contributed by atoms with Crippen LogP contribution in [0.4, 0.5) is 0 Å². The van der Waals surface area contributed by atoms with Gasteiger partial charge in [-0.2, -0.15) is 0 Å². The maximum atomic E-state index is 11.9. The second-order valence-corrected chi connectivity index (χ2v) is 6.67. The zero-order chi connectivity index (χ0) is 12.9. The molecular weight excluding hydrogens is 300 g/mol. The van der Waals surface area contributed by atoms with Crippen LogP contribution in [0.5, 0.6) is 0 Å². The van der Waals surface area contributed by atoms with Gasteiger partial charge >= 0.3 is 0 Å². The minimum Gasteiger partial charge on any atom is -0.349 e. The highest BCUT2D eigenvalue weighted by Crippen LogP contribution is 2.22. The summed E-state index contributed by atoms with van der Waals surface area (Å²) in [6.45, 7) is 4.59. The van der Waals surface area contributed by atoms with Crippen molar-refractivity contribution >= 4 is 33.2 Å². The molecule has 0 bridgehead atoms. The maximum absolute atomic E-state index is 11.9. The van der Waals surface area contributed by atoms with Gasteiger partial charge < -0.3 is 11.1 Å². The standard InChI is InChI=1S/C12H19BrN2OS/c1-3-12(4-2,8-14)15-11(16)7-9-5-6-10(13)17-9/h5-6H,3-4,7-8,14H2,1-2H3,(H,15,16). The van der Waals surface area contributed by atoms with E-state index in [1.807, 2.05) is 12.1 Å². The number of hydrogen-bond donors (Lipinski definition) is 2. The van der Waals surface area contributed by atoms with Gasteiger partial charge in [-0.15, -0.1) is 11.3 Å². The largest absolute Gasteiger partial charge is 0.349 e. The van der Waals surface area contributed by atoms with E-state index < -0.39 is 0 Å². The zero-order valence-electron chi connectivity index (χ0n) is 10.3. The molecule has 1 aromatic heterocycles. The van der Waals surface area contributed by atoms with Crippen molar-refractivity contribution in [3.63, 3.8) is 0 Å². The van der Waals surface area contributed by atoms with Crippen LogP contribution in [-0.2, 0) is 11.2 Å². The summed E-state index contributed by atoms with van der Waals surface area (Å²) in [7, 11) is 0. The lowest BCUT2D eigenvalue weighted by molar-refractivity contribution is -0.122. The molecule has 0 saturated heterocycles. The molecule has 3 nitrogen and oxygen atoms in total. The summed E-state index contributed by atoms with van der Waals surface area (Å²) in [6.07, 6.45) is 2.15. The van der Waals surface area contributed by atoms with E-state index in [0.29, 0.717) is 13.0 Å². The lowest BCUT2D eigenvalue weighted by Gasteiger charge is -2.31. The Hall–Kier alpha value is -0.390. The van der Waals surface area contributed by atoms with Crippen LogP contribution in [0.25, 0.3) is 0 Å². The Morgan fingerprint density at radius 1 is 1.47 bits per heavy atom. The Bertz CT molecular complexity index is 366. The van der Waals surface area contributed by atoms with Crippen molar-refractivity contribution < 1.29 is 4.79 Å². The molecule has 0 aliphatic heterocycles. The summed E-state index contributed by atoms with van der Waals surface area (Å²) in [4.78, 5) is 13.0. The third-order valence-electron chi connectivity index (χ3n) is 3.11. The molecule has 0 radical (unpaired) electrons. The predicted molar refractivity (Wildman–Crippen MR) is 76.2 cm³/mol. The van der Waals surface area contributed by atoms with E-state index in [9.17, 15) is 4.79 Å². The lowest BCUT2D eigenvalue weighted by Crippen LogP contribution is -2.53. The van der Waals surface area contributed by atoms with Crippen molar-refractivity contribution in [1.82, 2.24) is 5.32 Å². The third-order valence-corrected chi connectivity index (χ3v) is 4.74. The molecule has 3 N–H and O–H groups in total. The van der Waals surface area contributed by atoms with Gasteiger partial charge in [0.2, 0.25) is 5.91 Å². The summed E-state index contributed by atoms with van der Waals surface area (Å²) in [5.41, 5.74) is 5.51. The van der Waals surface area contributed by atoms with E-state index >= 15 is 0 Å². The maximum Gasteiger partial charge on any atom is 0.225 e. The Morgan fingerprint density at radius 3 is 2.53 bits per heavy atom. The highest BCUT2D eigenvalue weighted by molar-refractivity contribution is 9.11. The molecule has 0 fully saturated rings. The van der Waals surface area contributed by atoms with Gasteiger partial charge in [0.15, 0.2) is 0 Å². The van der Waals surface area contributed by atoms with E-state index in [2.05, 4.69) is 35.1 Å². The molecule has 5 heteroatoms. The average Bonchev–Trinajstić information content (AvgIpc) is 2.72. The average molecular weight is 319 g/mol. The Labute approximate surface area is 115 Å². The SMILES string of the molecule is CCC(CC)(CN)NC(=O)Cc1ccc(Br)s1. The number of nitrogens with two attached hydrogens (primary N) is 1. The van der Waals surface area contributed by atoms with Crippen molar-refractivity contribution in [3.8, 4) is 0 Å². The molecule has 1 rings (SSSR count). The first kappa shape index (κ1) is 14.7. The molecule has 0 aromatic carbocycles. The van der Waals surface area contributed by atoms with Crippen LogP contribution < -0.4 is 11.1 Å². The van der Waals surface area contributed by atoms with Crippen LogP contribution in [0.2, 0.25) is 0 Å². The van der Waals surface area contributed by atoms with E-state index in [1.54, 1.807) is 11.3 Å². The molecule has 1 heterocycles. The summed E-state index contributed by atoms with van der Waals surface area (Å²) >= 11 is 4.98. The predicted octanol–water partition coefficient (Wildman–Crippen LogP) is 2.69. The summed E-state index contributed by atoms with van der Waals surface area (Å²) < 4.78 is 1.05. The molecule has 0 aliphatic rings. The van der Waals surface area contributed by atoms with Gasteiger partial charge in [-0.3, -0.25) is 4.79 Å². The van der Waals surface area contributed by atoms with Crippen LogP contribution in [0.3, 0.4) is 0 Å². The number of amides is 1. The number of nitrogens with one attached hydrogen (secondary N) is 1. The van der Waals surface area contributed by atoms with Crippen LogP contribution in [0.1, 0.15) is 31.6 Å². The fourth-order valence-corrected chi connectivity index (χ4v) is 3.19. The van der Waals surface area contributed by atoms with Crippen LogP contribution in [0, 0.1) is 0 Å². The Balaban J connectivity index is 2.59.